The number of carbonyl (C=O) groups is 1. The van der Waals surface area contributed by atoms with Crippen molar-refractivity contribution in [2.75, 3.05) is 0 Å². The molecule has 0 aliphatic carbocycles. The van der Waals surface area contributed by atoms with Gasteiger partial charge >= 0.3 is 0 Å². The maximum Gasteiger partial charge on any atom is 0.127 e. The van der Waals surface area contributed by atoms with Gasteiger partial charge in [-0.15, -0.1) is 0 Å². The van der Waals surface area contributed by atoms with Crippen molar-refractivity contribution in [1.29, 1.82) is 0 Å². The number of aliphatic imine (C=N–C) groups is 1. The van der Waals surface area contributed by atoms with E-state index in [0.29, 0.717) is 0 Å². The van der Waals surface area contributed by atoms with Gasteiger partial charge < -0.3 is 21.4 Å². The van der Waals surface area contributed by atoms with Crippen molar-refractivity contribution < 1.29 is 42.2 Å². The molecule has 0 saturated carbocycles. The summed E-state index contributed by atoms with van der Waals surface area (Å²) in [6, 6.07) is 16.3. The number of carbonyl (C=O) groups excluding carboxylic acids is 1. The molecule has 2 aromatic rings. The fraction of sp³-hybridized carbons (Fsp3) is 0.118. The molecule has 0 spiro atoms. The van der Waals surface area contributed by atoms with Crippen molar-refractivity contribution in [2.45, 2.75) is 13.0 Å². The predicted molar refractivity (Wildman–Crippen MR) is 79.3 cm³/mol. The Kier molecular flexibility index (Phi) is 7.48. The first-order valence-corrected chi connectivity index (χ1v) is 6.27. The summed E-state index contributed by atoms with van der Waals surface area (Å²) in [4.78, 5) is 15.0. The summed E-state index contributed by atoms with van der Waals surface area (Å²) in [6.45, 7) is 5.08. The van der Waals surface area contributed by atoms with Crippen LogP contribution in [0.4, 0.5) is 0 Å². The molecule has 0 aliphatic rings. The minimum absolute atomic E-state index is 0. The second-order valence-electron chi connectivity index (χ2n) is 4.31. The van der Waals surface area contributed by atoms with Crippen LogP contribution in [0.1, 0.15) is 12.5 Å². The van der Waals surface area contributed by atoms with E-state index in [4.69, 9.17) is 4.74 Å². The molecule has 1 radical (unpaired) electrons. The summed E-state index contributed by atoms with van der Waals surface area (Å²) in [6.07, 6.45) is 2.80. The van der Waals surface area contributed by atoms with Crippen molar-refractivity contribution in [3.63, 3.8) is 0 Å². The van der Waals surface area contributed by atoms with Crippen molar-refractivity contribution in [2.24, 2.45) is 4.99 Å². The molecule has 2 aromatic carbocycles. The third kappa shape index (κ3) is 5.90. The number of Topliss-reactive ketones (excluding diaryl/α,β-unsaturated/α-hetero) is 1. The molecular weight excluding hydrogens is 339 g/mol. The molecule has 0 heterocycles. The van der Waals surface area contributed by atoms with E-state index in [1.807, 2.05) is 54.6 Å². The molecule has 0 aliphatic heterocycles. The molecule has 0 aromatic heterocycles. The van der Waals surface area contributed by atoms with Crippen LogP contribution in [-0.2, 0) is 37.5 Å². The monoisotopic (exact) mass is 354 g/mol. The number of ether oxygens (including phenoxy) is 1. The van der Waals surface area contributed by atoms with Crippen molar-refractivity contribution in [3.05, 3.63) is 67.1 Å². The van der Waals surface area contributed by atoms with E-state index >= 15 is 0 Å². The van der Waals surface area contributed by atoms with Crippen LogP contribution >= 0.6 is 0 Å². The first-order valence-electron chi connectivity index (χ1n) is 6.27. The van der Waals surface area contributed by atoms with Gasteiger partial charge in [0, 0.05) is 32.7 Å². The SMILES string of the molecule is [CH2-][C@@H](N=[C-]c1ccc(Oc2ccccc2)cc1)C(C)=O.[Y]. The van der Waals surface area contributed by atoms with E-state index in [1.54, 1.807) is 0 Å². The zero-order valence-corrected chi connectivity index (χ0v) is 14.7. The minimum Gasteiger partial charge on any atom is -0.460 e. The van der Waals surface area contributed by atoms with Crippen LogP contribution in [0, 0.1) is 6.92 Å². The third-order valence-electron chi connectivity index (χ3n) is 2.65. The first kappa shape index (κ1) is 17.7. The molecule has 3 nitrogen and oxygen atoms in total. The van der Waals surface area contributed by atoms with Gasteiger partial charge in [-0.05, 0) is 25.1 Å². The summed E-state index contributed by atoms with van der Waals surface area (Å²) >= 11 is 0. The molecule has 21 heavy (non-hydrogen) atoms. The van der Waals surface area contributed by atoms with E-state index in [2.05, 4.69) is 18.1 Å². The van der Waals surface area contributed by atoms with Gasteiger partial charge in [-0.1, -0.05) is 36.5 Å². The standard InChI is InChI=1S/C17H15NO2.Y/c1-13(14(2)19)18-12-15-8-10-17(11-9-15)20-16-6-4-3-5-7-16;/h3-11,13H,1H2,2H3;/q-2;/t13-;/m1./s1. The van der Waals surface area contributed by atoms with E-state index < -0.39 is 6.04 Å². The average molecular weight is 354 g/mol. The van der Waals surface area contributed by atoms with E-state index in [9.17, 15) is 4.79 Å². The smallest absolute Gasteiger partial charge is 0.127 e. The van der Waals surface area contributed by atoms with Gasteiger partial charge in [-0.3, -0.25) is 0 Å². The van der Waals surface area contributed by atoms with Gasteiger partial charge in [-0.2, -0.15) is 17.7 Å². The van der Waals surface area contributed by atoms with Crippen LogP contribution in [0.3, 0.4) is 0 Å². The summed E-state index contributed by atoms with van der Waals surface area (Å²) in [5.41, 5.74) is 0.778. The van der Waals surface area contributed by atoms with Gasteiger partial charge in [0.1, 0.15) is 17.3 Å². The largest absolute Gasteiger partial charge is 0.460 e. The van der Waals surface area contributed by atoms with Gasteiger partial charge in [0.05, 0.1) is 0 Å². The molecule has 0 N–H and O–H groups in total. The summed E-state index contributed by atoms with van der Waals surface area (Å²) < 4.78 is 5.67. The fourth-order valence-corrected chi connectivity index (χ4v) is 1.47. The Morgan fingerprint density at radius 3 is 2.24 bits per heavy atom. The quantitative estimate of drug-likeness (QED) is 0.608. The van der Waals surface area contributed by atoms with Crippen molar-refractivity contribution in [1.82, 2.24) is 0 Å². The van der Waals surface area contributed by atoms with E-state index in [-0.39, 0.29) is 38.5 Å². The van der Waals surface area contributed by atoms with Crippen LogP contribution in [0.2, 0.25) is 0 Å². The molecule has 0 saturated heterocycles. The molecular formula is C17H15NO2Y-2. The number of hydrogen-bond acceptors (Lipinski definition) is 3. The molecule has 1 atom stereocenters. The Bertz CT molecular complexity index is 594. The van der Waals surface area contributed by atoms with Crippen LogP contribution < -0.4 is 4.74 Å². The van der Waals surface area contributed by atoms with E-state index in [0.717, 1.165) is 17.1 Å². The number of ketones is 1. The van der Waals surface area contributed by atoms with Gasteiger partial charge in [0.15, 0.2) is 0 Å². The normalized spacial score (nSPS) is 11.7. The average Bonchev–Trinajstić information content (AvgIpc) is 2.47. The second kappa shape index (κ2) is 8.86. The molecule has 105 valence electrons. The molecule has 0 fully saturated rings. The first-order chi connectivity index (χ1) is 9.65. The summed E-state index contributed by atoms with van der Waals surface area (Å²) in [5.74, 6) is 1.44. The molecule has 4 heteroatoms. The van der Waals surface area contributed by atoms with Crippen LogP contribution in [0.25, 0.3) is 0 Å². The zero-order valence-electron chi connectivity index (χ0n) is 11.8. The number of para-hydroxylation sites is 1. The Hall–Kier alpha value is -1.32. The number of benzene rings is 2. The van der Waals surface area contributed by atoms with Crippen LogP contribution in [0.15, 0.2) is 59.6 Å². The molecule has 0 bridgehead atoms. The predicted octanol–water partition coefficient (Wildman–Crippen LogP) is 3.56. The van der Waals surface area contributed by atoms with Crippen LogP contribution in [-0.4, -0.2) is 18.0 Å². The van der Waals surface area contributed by atoms with Crippen molar-refractivity contribution >= 4 is 12.0 Å². The Morgan fingerprint density at radius 1 is 1.10 bits per heavy atom. The maximum absolute atomic E-state index is 11.0. The Labute approximate surface area is 150 Å². The van der Waals surface area contributed by atoms with Crippen LogP contribution in [0.5, 0.6) is 11.5 Å². The Balaban J connectivity index is 0.00000220. The fourth-order valence-electron chi connectivity index (χ4n) is 1.47. The van der Waals surface area contributed by atoms with Gasteiger partial charge in [-0.25, -0.2) is 0 Å². The number of rotatable bonds is 5. The molecule has 2 rings (SSSR count). The Morgan fingerprint density at radius 2 is 1.67 bits per heavy atom. The van der Waals surface area contributed by atoms with E-state index in [1.165, 1.54) is 6.92 Å². The topological polar surface area (TPSA) is 38.7 Å². The maximum atomic E-state index is 11.0. The minimum atomic E-state index is -0.602. The summed E-state index contributed by atoms with van der Waals surface area (Å²) in [5, 5.41) is 0. The third-order valence-corrected chi connectivity index (χ3v) is 2.65. The number of nitrogens with zero attached hydrogens (tertiary/aromatic N) is 1. The molecule has 0 unspecified atom stereocenters. The van der Waals surface area contributed by atoms with Gasteiger partial charge in [0.2, 0.25) is 0 Å². The zero-order chi connectivity index (χ0) is 14.4. The second-order valence-corrected chi connectivity index (χ2v) is 4.31. The molecule has 0 amide bonds. The number of hydrogen-bond donors (Lipinski definition) is 0. The van der Waals surface area contributed by atoms with Crippen molar-refractivity contribution in [3.8, 4) is 11.5 Å². The summed E-state index contributed by atoms with van der Waals surface area (Å²) in [7, 11) is 0. The van der Waals surface area contributed by atoms with Gasteiger partial charge in [0.25, 0.3) is 0 Å².